The van der Waals surface area contributed by atoms with E-state index in [-0.39, 0.29) is 11.5 Å². The third-order valence-corrected chi connectivity index (χ3v) is 3.53. The summed E-state index contributed by atoms with van der Waals surface area (Å²) in [6.07, 6.45) is -1.51. The number of benzene rings is 2. The zero-order chi connectivity index (χ0) is 17.3. The lowest BCUT2D eigenvalue weighted by molar-refractivity contribution is -0.147. The number of rotatable bonds is 4. The molecule has 0 bridgehead atoms. The molecule has 0 saturated carbocycles. The minimum absolute atomic E-state index is 0.191. The fraction of sp³-hybridized carbons (Fsp3) is 0.176. The van der Waals surface area contributed by atoms with Crippen LogP contribution >= 0.6 is 0 Å². The van der Waals surface area contributed by atoms with E-state index >= 15 is 0 Å². The van der Waals surface area contributed by atoms with Gasteiger partial charge in [0.2, 0.25) is 0 Å². The molecule has 1 heterocycles. The van der Waals surface area contributed by atoms with Crippen molar-refractivity contribution in [3.8, 4) is 17.2 Å². The van der Waals surface area contributed by atoms with Gasteiger partial charge in [0.15, 0.2) is 17.3 Å². The van der Waals surface area contributed by atoms with Crippen LogP contribution in [0.1, 0.15) is 21.5 Å². The minimum Gasteiger partial charge on any atom is -0.497 e. The molecular formula is C17H14O7. The minimum atomic E-state index is -1.51. The largest absolute Gasteiger partial charge is 0.511 e. The van der Waals surface area contributed by atoms with Gasteiger partial charge in [-0.3, -0.25) is 4.79 Å². The van der Waals surface area contributed by atoms with Crippen LogP contribution in [0.15, 0.2) is 36.4 Å². The van der Waals surface area contributed by atoms with E-state index in [1.807, 2.05) is 0 Å². The number of hydrogen-bond donors (Lipinski definition) is 1. The lowest BCUT2D eigenvalue weighted by atomic mass is 9.98. The van der Waals surface area contributed by atoms with Crippen molar-refractivity contribution in [2.24, 2.45) is 0 Å². The van der Waals surface area contributed by atoms with Gasteiger partial charge in [0, 0.05) is 11.1 Å². The Morgan fingerprint density at radius 2 is 1.71 bits per heavy atom. The van der Waals surface area contributed by atoms with Gasteiger partial charge in [-0.25, -0.2) is 4.79 Å². The van der Waals surface area contributed by atoms with Crippen LogP contribution in [0.3, 0.4) is 0 Å². The van der Waals surface area contributed by atoms with Crippen molar-refractivity contribution in [1.82, 2.24) is 0 Å². The highest BCUT2D eigenvalue weighted by Gasteiger charge is 2.29. The Balaban J connectivity index is 1.87. The van der Waals surface area contributed by atoms with Crippen LogP contribution in [-0.2, 0) is 4.74 Å². The first-order valence-electron chi connectivity index (χ1n) is 7.04. The van der Waals surface area contributed by atoms with Crippen molar-refractivity contribution in [2.45, 2.75) is 13.4 Å². The van der Waals surface area contributed by atoms with Gasteiger partial charge in [-0.05, 0) is 48.9 Å². The van der Waals surface area contributed by atoms with Crippen LogP contribution in [-0.4, -0.2) is 30.6 Å². The molecule has 2 aromatic carbocycles. The number of aryl methyl sites for hydroxylation is 1. The molecular weight excluding hydrogens is 316 g/mol. The van der Waals surface area contributed by atoms with E-state index in [0.29, 0.717) is 28.2 Å². The summed E-state index contributed by atoms with van der Waals surface area (Å²) in [5.41, 5.74) is 1.60. The molecule has 0 aliphatic carbocycles. The van der Waals surface area contributed by atoms with Crippen LogP contribution in [0, 0.1) is 6.92 Å². The Morgan fingerprint density at radius 1 is 1.08 bits per heavy atom. The summed E-state index contributed by atoms with van der Waals surface area (Å²) in [5.74, 6) is 1.04. The van der Waals surface area contributed by atoms with Crippen LogP contribution in [0.2, 0.25) is 0 Å². The summed E-state index contributed by atoms with van der Waals surface area (Å²) in [6.45, 7) is 0.384. The van der Waals surface area contributed by atoms with Crippen molar-refractivity contribution < 1.29 is 33.6 Å². The normalized spacial score (nSPS) is 15.0. The van der Waals surface area contributed by atoms with Gasteiger partial charge in [0.1, 0.15) is 5.75 Å². The maximum absolute atomic E-state index is 12.7. The van der Waals surface area contributed by atoms with Crippen LogP contribution in [0.4, 0.5) is 4.79 Å². The Labute approximate surface area is 137 Å². The molecule has 0 spiro atoms. The van der Waals surface area contributed by atoms with Crippen LogP contribution in [0.25, 0.3) is 0 Å². The van der Waals surface area contributed by atoms with Crippen LogP contribution in [0.5, 0.6) is 17.2 Å². The summed E-state index contributed by atoms with van der Waals surface area (Å²) in [6, 6.07) is 9.86. The molecule has 1 unspecified atom stereocenters. The first-order chi connectivity index (χ1) is 11.5. The number of methoxy groups -OCH3 is 1. The van der Waals surface area contributed by atoms with Gasteiger partial charge >= 0.3 is 12.6 Å². The predicted octanol–water partition coefficient (Wildman–Crippen LogP) is 2.98. The van der Waals surface area contributed by atoms with E-state index in [1.54, 1.807) is 44.4 Å². The Bertz CT molecular complexity index is 795. The second-order valence-corrected chi connectivity index (χ2v) is 5.08. The highest BCUT2D eigenvalue weighted by molar-refractivity contribution is 6.10. The second kappa shape index (κ2) is 6.11. The maximum atomic E-state index is 12.7. The van der Waals surface area contributed by atoms with Gasteiger partial charge < -0.3 is 24.1 Å². The quantitative estimate of drug-likeness (QED) is 0.680. The number of ether oxygens (including phenoxy) is 4. The predicted molar refractivity (Wildman–Crippen MR) is 81.8 cm³/mol. The molecule has 0 aromatic heterocycles. The zero-order valence-corrected chi connectivity index (χ0v) is 12.9. The average Bonchev–Trinajstić information content (AvgIpc) is 2.93. The van der Waals surface area contributed by atoms with Crippen molar-refractivity contribution in [2.75, 3.05) is 7.11 Å². The standard InChI is InChI=1S/C17H14O7/c1-9-7-13-14(23-17(22-13)24-16(19)20)8-12(9)15(18)10-3-5-11(21-2)6-4-10/h3-8,17H,1-2H3,(H,19,20). The van der Waals surface area contributed by atoms with Crippen molar-refractivity contribution in [1.29, 1.82) is 0 Å². The molecule has 0 saturated heterocycles. The maximum Gasteiger partial charge on any atom is 0.511 e. The van der Waals surface area contributed by atoms with Gasteiger partial charge in [0.25, 0.3) is 0 Å². The lowest BCUT2D eigenvalue weighted by Crippen LogP contribution is -2.24. The van der Waals surface area contributed by atoms with Gasteiger partial charge in [-0.1, -0.05) is 0 Å². The molecule has 0 fully saturated rings. The molecule has 1 aliphatic rings. The number of carbonyl (C=O) groups excluding carboxylic acids is 1. The Morgan fingerprint density at radius 3 is 2.29 bits per heavy atom. The summed E-state index contributed by atoms with van der Waals surface area (Å²) < 4.78 is 19.9. The first-order valence-corrected chi connectivity index (χ1v) is 7.04. The lowest BCUT2D eigenvalue weighted by Gasteiger charge is -2.07. The molecule has 1 N–H and O–H groups in total. The number of ketones is 1. The molecule has 2 aromatic rings. The molecule has 24 heavy (non-hydrogen) atoms. The molecule has 0 amide bonds. The van der Waals surface area contributed by atoms with Gasteiger partial charge in [0.05, 0.1) is 7.11 Å². The van der Waals surface area contributed by atoms with Gasteiger partial charge in [-0.15, -0.1) is 0 Å². The highest BCUT2D eigenvalue weighted by atomic mass is 16.9. The third-order valence-electron chi connectivity index (χ3n) is 3.53. The smallest absolute Gasteiger partial charge is 0.497 e. The monoisotopic (exact) mass is 330 g/mol. The number of fused-ring (bicyclic) bond motifs is 1. The summed E-state index contributed by atoms with van der Waals surface area (Å²) in [5, 5.41) is 8.60. The number of hydrogen-bond acceptors (Lipinski definition) is 6. The van der Waals surface area contributed by atoms with E-state index in [4.69, 9.17) is 19.3 Å². The third kappa shape index (κ3) is 2.96. The van der Waals surface area contributed by atoms with E-state index in [1.165, 1.54) is 6.07 Å². The summed E-state index contributed by atoms with van der Waals surface area (Å²) in [7, 11) is 1.55. The molecule has 1 aliphatic heterocycles. The second-order valence-electron chi connectivity index (χ2n) is 5.08. The zero-order valence-electron chi connectivity index (χ0n) is 12.9. The van der Waals surface area contributed by atoms with E-state index in [2.05, 4.69) is 4.74 Å². The molecule has 0 radical (unpaired) electrons. The SMILES string of the molecule is COc1ccc(C(=O)c2cc3c(cc2C)OC(OC(=O)O)O3)cc1. The fourth-order valence-corrected chi connectivity index (χ4v) is 2.35. The molecule has 124 valence electrons. The topological polar surface area (TPSA) is 91.3 Å². The number of carboxylic acid groups (broad SMARTS) is 1. The highest BCUT2D eigenvalue weighted by Crippen LogP contribution is 2.38. The summed E-state index contributed by atoms with van der Waals surface area (Å²) in [4.78, 5) is 23.2. The average molecular weight is 330 g/mol. The Hall–Kier alpha value is -3.22. The Kier molecular flexibility index (Phi) is 3.99. The van der Waals surface area contributed by atoms with Gasteiger partial charge in [-0.2, -0.15) is 0 Å². The van der Waals surface area contributed by atoms with Crippen molar-refractivity contribution >= 4 is 11.9 Å². The van der Waals surface area contributed by atoms with Crippen LogP contribution < -0.4 is 14.2 Å². The molecule has 1 atom stereocenters. The molecule has 3 rings (SSSR count). The number of carbonyl (C=O) groups is 2. The summed E-state index contributed by atoms with van der Waals surface area (Å²) >= 11 is 0. The van der Waals surface area contributed by atoms with E-state index in [0.717, 1.165) is 0 Å². The molecule has 7 heteroatoms. The first kappa shape index (κ1) is 15.7. The fourth-order valence-electron chi connectivity index (χ4n) is 2.35. The van der Waals surface area contributed by atoms with E-state index in [9.17, 15) is 9.59 Å². The molecule has 7 nitrogen and oxygen atoms in total. The van der Waals surface area contributed by atoms with E-state index < -0.39 is 12.6 Å². The van der Waals surface area contributed by atoms with Crippen molar-refractivity contribution in [3.05, 3.63) is 53.1 Å². The van der Waals surface area contributed by atoms with Crippen molar-refractivity contribution in [3.63, 3.8) is 0 Å².